The second kappa shape index (κ2) is 4.86. The maximum atomic E-state index is 11.5. The van der Waals surface area contributed by atoms with E-state index in [4.69, 9.17) is 38.3 Å². The van der Waals surface area contributed by atoms with Crippen LogP contribution in [0.3, 0.4) is 0 Å². The molecule has 9 heteroatoms. The van der Waals surface area contributed by atoms with Gasteiger partial charge in [0.1, 0.15) is 6.26 Å². The van der Waals surface area contributed by atoms with E-state index in [1.54, 1.807) is 0 Å². The van der Waals surface area contributed by atoms with Gasteiger partial charge in [-0.2, -0.15) is 0 Å². The molecule has 0 saturated carbocycles. The quantitative estimate of drug-likeness (QED) is 0.617. The smallest absolute Gasteiger partial charge is 0.374 e. The monoisotopic (exact) mass is 342 g/mol. The first kappa shape index (κ1) is 14.5. The normalized spacial score (nSPS) is 11.8. The van der Waals surface area contributed by atoms with Crippen LogP contribution in [-0.4, -0.2) is 21.5 Å². The number of rotatable bonds is 2. The minimum absolute atomic E-state index is 0.0186. The Labute approximate surface area is 122 Å². The van der Waals surface area contributed by atoms with Gasteiger partial charge in [0.15, 0.2) is 0 Å². The van der Waals surface area contributed by atoms with E-state index in [2.05, 4.69) is 4.74 Å². The lowest BCUT2D eigenvalue weighted by molar-refractivity contribution is 0.0568. The van der Waals surface area contributed by atoms with Gasteiger partial charge in [0.05, 0.1) is 27.4 Å². The highest BCUT2D eigenvalue weighted by Crippen LogP contribution is 2.39. The van der Waals surface area contributed by atoms with Crippen LogP contribution in [0.5, 0.6) is 0 Å². The van der Waals surface area contributed by atoms with E-state index in [1.807, 2.05) is 0 Å². The number of carbonyl (C=O) groups is 1. The SMILES string of the molecule is COC(=O)c1occ2c(S(=O)(=O)Cl)cc(Cl)c(Cl)c12. The minimum Gasteiger partial charge on any atom is -0.463 e. The molecule has 1 aromatic heterocycles. The third kappa shape index (κ3) is 2.41. The van der Waals surface area contributed by atoms with Gasteiger partial charge in [-0.05, 0) is 6.07 Å². The molecule has 0 bridgehead atoms. The number of hydrogen-bond donors (Lipinski definition) is 0. The Morgan fingerprint density at radius 3 is 2.53 bits per heavy atom. The van der Waals surface area contributed by atoms with Gasteiger partial charge in [-0.3, -0.25) is 0 Å². The molecule has 19 heavy (non-hydrogen) atoms. The number of furan rings is 1. The number of esters is 1. The molecule has 0 aliphatic heterocycles. The van der Waals surface area contributed by atoms with E-state index in [1.165, 1.54) is 0 Å². The fourth-order valence-corrected chi connectivity index (χ4v) is 3.14. The number of methoxy groups -OCH3 is 1. The minimum atomic E-state index is -4.07. The van der Waals surface area contributed by atoms with Gasteiger partial charge in [-0.15, -0.1) is 0 Å². The third-order valence-corrected chi connectivity index (χ3v) is 4.53. The molecule has 0 fully saturated rings. The molecule has 0 aliphatic rings. The summed E-state index contributed by atoms with van der Waals surface area (Å²) in [4.78, 5) is 11.2. The number of hydrogen-bond acceptors (Lipinski definition) is 5. The van der Waals surface area contributed by atoms with Crippen LogP contribution in [-0.2, 0) is 13.8 Å². The first-order valence-electron chi connectivity index (χ1n) is 4.69. The van der Waals surface area contributed by atoms with Crippen LogP contribution >= 0.6 is 33.9 Å². The molecule has 0 atom stereocenters. The zero-order chi connectivity index (χ0) is 14.4. The molecule has 0 N–H and O–H groups in total. The van der Waals surface area contributed by atoms with Crippen molar-refractivity contribution in [3.05, 3.63) is 28.1 Å². The van der Waals surface area contributed by atoms with Crippen molar-refractivity contribution in [3.8, 4) is 0 Å². The maximum Gasteiger partial charge on any atom is 0.374 e. The average molecular weight is 344 g/mol. The fourth-order valence-electron chi connectivity index (χ4n) is 1.58. The third-order valence-electron chi connectivity index (χ3n) is 2.38. The summed E-state index contributed by atoms with van der Waals surface area (Å²) >= 11 is 11.8. The van der Waals surface area contributed by atoms with Gasteiger partial charge in [0, 0.05) is 16.1 Å². The predicted octanol–water partition coefficient (Wildman–Crippen LogP) is 3.45. The number of carbonyl (C=O) groups excluding carboxylic acids is 1. The fraction of sp³-hybridized carbons (Fsp3) is 0.100. The van der Waals surface area contributed by atoms with E-state index < -0.39 is 15.0 Å². The van der Waals surface area contributed by atoms with Crippen LogP contribution in [0.25, 0.3) is 10.8 Å². The highest BCUT2D eigenvalue weighted by molar-refractivity contribution is 8.14. The summed E-state index contributed by atoms with van der Waals surface area (Å²) in [7, 11) is 2.37. The number of halogens is 3. The molecule has 0 saturated heterocycles. The largest absolute Gasteiger partial charge is 0.463 e. The van der Waals surface area contributed by atoms with E-state index in [0.717, 1.165) is 19.4 Å². The standard InChI is InChI=1S/C10H5Cl3O5S/c1-17-10(14)9-7-4(3-18-9)6(19(13,15)16)2-5(11)8(7)12/h2-3H,1H3. The topological polar surface area (TPSA) is 73.6 Å². The Balaban J connectivity index is 2.96. The summed E-state index contributed by atoms with van der Waals surface area (Å²) in [6.07, 6.45) is 1.05. The highest BCUT2D eigenvalue weighted by atomic mass is 35.7. The van der Waals surface area contributed by atoms with Crippen molar-refractivity contribution in [1.29, 1.82) is 0 Å². The lowest BCUT2D eigenvalue weighted by Crippen LogP contribution is -2.00. The molecule has 0 spiro atoms. The second-order valence-corrected chi connectivity index (χ2v) is 6.77. The second-order valence-electron chi connectivity index (χ2n) is 3.45. The number of fused-ring (bicyclic) bond motifs is 1. The summed E-state index contributed by atoms with van der Waals surface area (Å²) in [6, 6.07) is 1.09. The molecule has 102 valence electrons. The molecule has 2 aromatic rings. The van der Waals surface area contributed by atoms with Crippen molar-refractivity contribution in [2.45, 2.75) is 4.90 Å². The average Bonchev–Trinajstić information content (AvgIpc) is 2.76. The van der Waals surface area contributed by atoms with Crippen molar-refractivity contribution in [3.63, 3.8) is 0 Å². The Hall–Kier alpha value is -0.950. The highest BCUT2D eigenvalue weighted by Gasteiger charge is 2.26. The Kier molecular flexibility index (Phi) is 3.70. The Morgan fingerprint density at radius 1 is 1.37 bits per heavy atom. The van der Waals surface area contributed by atoms with Crippen molar-refractivity contribution in [1.82, 2.24) is 0 Å². The summed E-state index contributed by atoms with van der Waals surface area (Å²) in [6.45, 7) is 0. The zero-order valence-corrected chi connectivity index (χ0v) is 12.3. The molecule has 5 nitrogen and oxygen atoms in total. The first-order chi connectivity index (χ1) is 8.77. The summed E-state index contributed by atoms with van der Waals surface area (Å²) in [5.41, 5.74) is 0. The molecule has 1 aromatic carbocycles. The van der Waals surface area contributed by atoms with Gasteiger partial charge in [0.2, 0.25) is 5.76 Å². The molecule has 0 aliphatic carbocycles. The lowest BCUT2D eigenvalue weighted by Gasteiger charge is -2.03. The Morgan fingerprint density at radius 2 is 2.00 bits per heavy atom. The van der Waals surface area contributed by atoms with E-state index in [9.17, 15) is 13.2 Å². The molecule has 0 unspecified atom stereocenters. The number of ether oxygens (including phenoxy) is 1. The molecule has 0 radical (unpaired) electrons. The molecule has 2 rings (SSSR count). The van der Waals surface area contributed by atoms with Gasteiger partial charge in [-0.25, -0.2) is 13.2 Å². The molecule has 1 heterocycles. The van der Waals surface area contributed by atoms with Crippen LogP contribution < -0.4 is 0 Å². The van der Waals surface area contributed by atoms with Gasteiger partial charge in [-0.1, -0.05) is 23.2 Å². The summed E-state index contributed by atoms with van der Waals surface area (Å²) in [5, 5.41) is 0.0138. The summed E-state index contributed by atoms with van der Waals surface area (Å²) < 4.78 is 32.4. The number of benzene rings is 1. The van der Waals surface area contributed by atoms with E-state index >= 15 is 0 Å². The predicted molar refractivity (Wildman–Crippen MR) is 70.6 cm³/mol. The van der Waals surface area contributed by atoms with Gasteiger partial charge >= 0.3 is 5.97 Å². The van der Waals surface area contributed by atoms with Crippen LogP contribution in [0.2, 0.25) is 10.0 Å². The van der Waals surface area contributed by atoms with Crippen molar-refractivity contribution < 1.29 is 22.4 Å². The van der Waals surface area contributed by atoms with Gasteiger partial charge in [0.25, 0.3) is 9.05 Å². The van der Waals surface area contributed by atoms with E-state index in [-0.39, 0.29) is 31.5 Å². The molecule has 0 amide bonds. The van der Waals surface area contributed by atoms with Crippen LogP contribution in [0.15, 0.2) is 21.6 Å². The summed E-state index contributed by atoms with van der Waals surface area (Å²) in [5.74, 6) is -1.05. The van der Waals surface area contributed by atoms with Gasteiger partial charge < -0.3 is 9.15 Å². The zero-order valence-electron chi connectivity index (χ0n) is 9.24. The van der Waals surface area contributed by atoms with Crippen molar-refractivity contribution in [2.24, 2.45) is 0 Å². The van der Waals surface area contributed by atoms with Crippen LogP contribution in [0, 0.1) is 0 Å². The Bertz CT molecular complexity index is 778. The first-order valence-corrected chi connectivity index (χ1v) is 7.76. The van der Waals surface area contributed by atoms with Crippen LogP contribution in [0.4, 0.5) is 0 Å². The van der Waals surface area contributed by atoms with E-state index in [0.29, 0.717) is 0 Å². The molecular weight excluding hydrogens is 339 g/mol. The van der Waals surface area contributed by atoms with Crippen molar-refractivity contribution >= 4 is 59.7 Å². The maximum absolute atomic E-state index is 11.5. The lowest BCUT2D eigenvalue weighted by atomic mass is 10.2. The molecular formula is C10H5Cl3O5S. The van der Waals surface area contributed by atoms with Crippen LogP contribution in [0.1, 0.15) is 10.6 Å². The van der Waals surface area contributed by atoms with Crippen molar-refractivity contribution in [2.75, 3.05) is 7.11 Å².